The van der Waals surface area contributed by atoms with E-state index < -0.39 is 0 Å². The molecule has 23 heavy (non-hydrogen) atoms. The molecule has 1 unspecified atom stereocenters. The van der Waals surface area contributed by atoms with Crippen molar-refractivity contribution in [2.75, 3.05) is 52.2 Å². The van der Waals surface area contributed by atoms with Crippen molar-refractivity contribution in [2.45, 2.75) is 18.1 Å². The lowest BCUT2D eigenvalue weighted by Crippen LogP contribution is -2.38. The van der Waals surface area contributed by atoms with Gasteiger partial charge in [-0.25, -0.2) is 0 Å². The zero-order valence-electron chi connectivity index (χ0n) is 13.9. The maximum atomic E-state index is 13.1. The zero-order chi connectivity index (χ0) is 16.1. The van der Waals surface area contributed by atoms with E-state index in [0.717, 1.165) is 57.9 Å². The lowest BCUT2D eigenvalue weighted by atomic mass is 10.0. The molecule has 4 nitrogen and oxygen atoms in total. The van der Waals surface area contributed by atoms with E-state index in [-0.39, 0.29) is 5.25 Å². The van der Waals surface area contributed by atoms with Crippen molar-refractivity contribution >= 4 is 17.7 Å². The van der Waals surface area contributed by atoms with Gasteiger partial charge < -0.3 is 9.64 Å². The maximum Gasteiger partial charge on any atom is 0.240 e. The third-order valence-electron chi connectivity index (χ3n) is 4.73. The van der Waals surface area contributed by atoms with Crippen LogP contribution in [-0.4, -0.2) is 67.9 Å². The summed E-state index contributed by atoms with van der Waals surface area (Å²) in [6.45, 7) is 5.44. The van der Waals surface area contributed by atoms with Crippen LogP contribution in [0.5, 0.6) is 0 Å². The molecule has 0 spiro atoms. The number of methoxy groups -OCH3 is 1. The first-order valence-corrected chi connectivity index (χ1v) is 9.54. The molecule has 1 aromatic rings. The van der Waals surface area contributed by atoms with Gasteiger partial charge in [-0.2, -0.15) is 0 Å². The Balaban J connectivity index is 1.65. The molecule has 1 saturated heterocycles. The van der Waals surface area contributed by atoms with Crippen LogP contribution in [0.25, 0.3) is 0 Å². The third kappa shape index (κ3) is 4.08. The molecule has 2 heterocycles. The van der Waals surface area contributed by atoms with Gasteiger partial charge in [-0.15, -0.1) is 11.8 Å². The van der Waals surface area contributed by atoms with Gasteiger partial charge in [0, 0.05) is 33.3 Å². The molecule has 0 aliphatic carbocycles. The van der Waals surface area contributed by atoms with Gasteiger partial charge in [0.05, 0.1) is 6.61 Å². The van der Waals surface area contributed by atoms with Gasteiger partial charge >= 0.3 is 0 Å². The molecule has 3 rings (SSSR count). The van der Waals surface area contributed by atoms with Crippen LogP contribution in [0.15, 0.2) is 24.3 Å². The molecule has 1 amide bonds. The summed E-state index contributed by atoms with van der Waals surface area (Å²) < 4.78 is 5.17. The van der Waals surface area contributed by atoms with E-state index in [1.807, 2.05) is 0 Å². The molecule has 1 atom stereocenters. The fourth-order valence-electron chi connectivity index (χ4n) is 3.40. The Kier molecular flexibility index (Phi) is 5.97. The Morgan fingerprint density at radius 1 is 1.26 bits per heavy atom. The van der Waals surface area contributed by atoms with Gasteiger partial charge in [-0.05, 0) is 36.3 Å². The van der Waals surface area contributed by atoms with Crippen LogP contribution in [0.4, 0.5) is 0 Å². The molecule has 1 aromatic carbocycles. The van der Waals surface area contributed by atoms with E-state index >= 15 is 0 Å². The second-order valence-corrected chi connectivity index (χ2v) is 7.43. The first-order valence-electron chi connectivity index (χ1n) is 8.49. The summed E-state index contributed by atoms with van der Waals surface area (Å²) in [6, 6.07) is 8.44. The van der Waals surface area contributed by atoms with Crippen LogP contribution in [0.2, 0.25) is 0 Å². The van der Waals surface area contributed by atoms with Gasteiger partial charge in [-0.3, -0.25) is 9.69 Å². The van der Waals surface area contributed by atoms with Gasteiger partial charge in [-0.1, -0.05) is 24.3 Å². The zero-order valence-corrected chi connectivity index (χ0v) is 14.7. The normalized spacial score (nSPS) is 22.5. The molecule has 0 N–H and O–H groups in total. The lowest BCUT2D eigenvalue weighted by Gasteiger charge is -2.30. The van der Waals surface area contributed by atoms with Gasteiger partial charge in [0.2, 0.25) is 5.91 Å². The smallest absolute Gasteiger partial charge is 0.240 e. The SMILES string of the molecule is COCCN1CCCN(C(=O)C2SCCc3ccccc32)CC1. The third-order valence-corrected chi connectivity index (χ3v) is 5.96. The van der Waals surface area contributed by atoms with Gasteiger partial charge in [0.25, 0.3) is 0 Å². The first-order chi connectivity index (χ1) is 11.3. The summed E-state index contributed by atoms with van der Waals surface area (Å²) in [5.74, 6) is 1.34. The summed E-state index contributed by atoms with van der Waals surface area (Å²) in [5, 5.41) is -0.00882. The van der Waals surface area contributed by atoms with E-state index in [2.05, 4.69) is 34.1 Å². The van der Waals surface area contributed by atoms with E-state index in [1.165, 1.54) is 11.1 Å². The van der Waals surface area contributed by atoms with Crippen molar-refractivity contribution in [3.05, 3.63) is 35.4 Å². The topological polar surface area (TPSA) is 32.8 Å². The summed E-state index contributed by atoms with van der Waals surface area (Å²) in [7, 11) is 1.74. The number of hydrogen-bond donors (Lipinski definition) is 0. The molecular weight excluding hydrogens is 308 g/mol. The number of ether oxygens (including phenoxy) is 1. The number of benzene rings is 1. The minimum atomic E-state index is -0.00882. The Labute approximate surface area is 143 Å². The molecule has 0 aromatic heterocycles. The van der Waals surface area contributed by atoms with Crippen molar-refractivity contribution in [1.82, 2.24) is 9.80 Å². The van der Waals surface area contributed by atoms with Crippen LogP contribution in [0, 0.1) is 0 Å². The number of hydrogen-bond acceptors (Lipinski definition) is 4. The van der Waals surface area contributed by atoms with E-state index in [1.54, 1.807) is 18.9 Å². The highest BCUT2D eigenvalue weighted by Gasteiger charge is 2.31. The monoisotopic (exact) mass is 334 g/mol. The molecule has 0 radical (unpaired) electrons. The second kappa shape index (κ2) is 8.18. The van der Waals surface area contributed by atoms with Crippen molar-refractivity contribution in [3.63, 3.8) is 0 Å². The molecule has 1 fully saturated rings. The minimum absolute atomic E-state index is 0.00882. The summed E-state index contributed by atoms with van der Waals surface area (Å²) in [4.78, 5) is 17.5. The number of aryl methyl sites for hydroxylation is 1. The maximum absolute atomic E-state index is 13.1. The molecule has 2 aliphatic heterocycles. The molecule has 0 bridgehead atoms. The molecular formula is C18H26N2O2S. The number of nitrogens with zero attached hydrogens (tertiary/aromatic N) is 2. The Morgan fingerprint density at radius 2 is 2.13 bits per heavy atom. The minimum Gasteiger partial charge on any atom is -0.383 e. The van der Waals surface area contributed by atoms with Crippen LogP contribution in [0.1, 0.15) is 22.8 Å². The first kappa shape index (κ1) is 16.8. The quantitative estimate of drug-likeness (QED) is 0.845. The highest BCUT2D eigenvalue weighted by molar-refractivity contribution is 8.00. The fraction of sp³-hybridized carbons (Fsp3) is 0.611. The summed E-state index contributed by atoms with van der Waals surface area (Å²) >= 11 is 1.80. The molecule has 126 valence electrons. The number of thioether (sulfide) groups is 1. The number of fused-ring (bicyclic) bond motifs is 1. The van der Waals surface area contributed by atoms with E-state index in [4.69, 9.17) is 4.74 Å². The number of amides is 1. The highest BCUT2D eigenvalue weighted by Crippen LogP contribution is 2.38. The van der Waals surface area contributed by atoms with Crippen LogP contribution in [0.3, 0.4) is 0 Å². The summed E-state index contributed by atoms with van der Waals surface area (Å²) in [6.07, 6.45) is 2.13. The number of carbonyl (C=O) groups excluding carboxylic acids is 1. The largest absolute Gasteiger partial charge is 0.383 e. The van der Waals surface area contributed by atoms with Crippen LogP contribution >= 0.6 is 11.8 Å². The average molecular weight is 334 g/mol. The standard InChI is InChI=1S/C18H26N2O2S/c1-22-13-12-19-8-4-9-20(11-10-19)18(21)17-16-6-3-2-5-15(16)7-14-23-17/h2-3,5-6,17H,4,7-14H2,1H3. The molecule has 0 saturated carbocycles. The summed E-state index contributed by atoms with van der Waals surface area (Å²) in [5.41, 5.74) is 2.58. The van der Waals surface area contributed by atoms with Crippen molar-refractivity contribution in [3.8, 4) is 0 Å². The Hall–Kier alpha value is -1.04. The number of carbonyl (C=O) groups is 1. The van der Waals surface area contributed by atoms with Crippen molar-refractivity contribution in [1.29, 1.82) is 0 Å². The van der Waals surface area contributed by atoms with Crippen LogP contribution < -0.4 is 0 Å². The van der Waals surface area contributed by atoms with E-state index in [9.17, 15) is 4.79 Å². The Morgan fingerprint density at radius 3 is 3.00 bits per heavy atom. The highest BCUT2D eigenvalue weighted by atomic mass is 32.2. The van der Waals surface area contributed by atoms with Gasteiger partial charge in [0.15, 0.2) is 0 Å². The second-order valence-electron chi connectivity index (χ2n) is 6.21. The molecule has 5 heteroatoms. The fourth-order valence-corrected chi connectivity index (χ4v) is 4.67. The average Bonchev–Trinajstić information content (AvgIpc) is 2.84. The van der Waals surface area contributed by atoms with Crippen molar-refractivity contribution in [2.24, 2.45) is 0 Å². The van der Waals surface area contributed by atoms with E-state index in [0.29, 0.717) is 5.91 Å². The predicted molar refractivity (Wildman–Crippen MR) is 94.9 cm³/mol. The predicted octanol–water partition coefficient (Wildman–Crippen LogP) is 2.20. The lowest BCUT2D eigenvalue weighted by molar-refractivity contribution is -0.130. The number of rotatable bonds is 4. The van der Waals surface area contributed by atoms with Crippen molar-refractivity contribution < 1.29 is 9.53 Å². The van der Waals surface area contributed by atoms with Crippen LogP contribution in [-0.2, 0) is 16.0 Å². The molecule has 2 aliphatic rings. The van der Waals surface area contributed by atoms with Gasteiger partial charge in [0.1, 0.15) is 5.25 Å². The Bertz CT molecular complexity index is 538.